The zero-order chi connectivity index (χ0) is 13.4. The van der Waals surface area contributed by atoms with Crippen LogP contribution >= 0.6 is 11.6 Å². The molecule has 0 saturated carbocycles. The second kappa shape index (κ2) is 4.59. The van der Waals surface area contributed by atoms with E-state index in [2.05, 4.69) is 4.98 Å². The van der Waals surface area contributed by atoms with Crippen LogP contribution in [0.5, 0.6) is 5.75 Å². The summed E-state index contributed by atoms with van der Waals surface area (Å²) < 4.78 is 18.4. The number of rotatable bonds is 2. The van der Waals surface area contributed by atoms with E-state index >= 15 is 0 Å². The van der Waals surface area contributed by atoms with E-state index in [1.54, 1.807) is 7.11 Å². The maximum Gasteiger partial charge on any atom is 0.125 e. The van der Waals surface area contributed by atoms with E-state index in [1.807, 2.05) is 30.3 Å². The van der Waals surface area contributed by atoms with Crippen molar-refractivity contribution in [2.45, 2.75) is 0 Å². The Kier molecular flexibility index (Phi) is 2.91. The summed E-state index contributed by atoms with van der Waals surface area (Å²) in [5.41, 5.74) is 2.63. The van der Waals surface area contributed by atoms with Crippen LogP contribution in [0.3, 0.4) is 0 Å². The van der Waals surface area contributed by atoms with Gasteiger partial charge >= 0.3 is 0 Å². The lowest BCUT2D eigenvalue weighted by Gasteiger charge is -2.01. The van der Waals surface area contributed by atoms with Gasteiger partial charge in [0.05, 0.1) is 17.6 Å². The van der Waals surface area contributed by atoms with Gasteiger partial charge in [-0.05, 0) is 48.0 Å². The lowest BCUT2D eigenvalue weighted by molar-refractivity contribution is 0.415. The van der Waals surface area contributed by atoms with Crippen LogP contribution in [0, 0.1) is 5.82 Å². The first-order valence-electron chi connectivity index (χ1n) is 5.79. The second-order valence-corrected chi connectivity index (χ2v) is 4.67. The molecule has 0 spiro atoms. The standard InChI is InChI=1S/C15H11ClFNO/c1-19-12-4-2-9(3-5-12)14-7-10-6-11(17)8-13(16)15(10)18-14/h2-8,18H,1H3. The summed E-state index contributed by atoms with van der Waals surface area (Å²) in [6.45, 7) is 0. The van der Waals surface area contributed by atoms with Gasteiger partial charge in [-0.1, -0.05) is 11.6 Å². The molecule has 0 unspecified atom stereocenters. The molecular formula is C15H11ClFNO. The Balaban J connectivity index is 2.12. The van der Waals surface area contributed by atoms with Crippen LogP contribution < -0.4 is 4.74 Å². The van der Waals surface area contributed by atoms with Crippen LogP contribution in [0.1, 0.15) is 0 Å². The highest BCUT2D eigenvalue weighted by atomic mass is 35.5. The summed E-state index contributed by atoms with van der Waals surface area (Å²) in [7, 11) is 1.63. The minimum atomic E-state index is -0.335. The third-order valence-electron chi connectivity index (χ3n) is 3.05. The average molecular weight is 276 g/mol. The van der Waals surface area contributed by atoms with Crippen molar-refractivity contribution in [2.75, 3.05) is 7.11 Å². The second-order valence-electron chi connectivity index (χ2n) is 4.26. The van der Waals surface area contributed by atoms with Crippen molar-refractivity contribution in [1.29, 1.82) is 0 Å². The van der Waals surface area contributed by atoms with Gasteiger partial charge in [0.15, 0.2) is 0 Å². The summed E-state index contributed by atoms with van der Waals surface area (Å²) in [5, 5.41) is 1.14. The van der Waals surface area contributed by atoms with Crippen LogP contribution in [-0.2, 0) is 0 Å². The fraction of sp³-hybridized carbons (Fsp3) is 0.0667. The first-order valence-corrected chi connectivity index (χ1v) is 6.17. The molecule has 0 radical (unpaired) electrons. The Morgan fingerprint density at radius 2 is 1.84 bits per heavy atom. The third kappa shape index (κ3) is 2.17. The molecule has 0 fully saturated rings. The van der Waals surface area contributed by atoms with Gasteiger partial charge < -0.3 is 9.72 Å². The zero-order valence-electron chi connectivity index (χ0n) is 10.2. The molecule has 0 atom stereocenters. The number of H-pyrrole nitrogens is 1. The highest BCUT2D eigenvalue weighted by Crippen LogP contribution is 2.30. The summed E-state index contributed by atoms with van der Waals surface area (Å²) in [6.07, 6.45) is 0. The molecule has 96 valence electrons. The van der Waals surface area contributed by atoms with Gasteiger partial charge in [0.2, 0.25) is 0 Å². The maximum absolute atomic E-state index is 13.3. The van der Waals surface area contributed by atoms with Crippen molar-refractivity contribution in [1.82, 2.24) is 4.98 Å². The highest BCUT2D eigenvalue weighted by Gasteiger charge is 2.08. The van der Waals surface area contributed by atoms with Gasteiger partial charge in [0, 0.05) is 11.1 Å². The van der Waals surface area contributed by atoms with Crippen LogP contribution in [0.25, 0.3) is 22.2 Å². The molecule has 2 nitrogen and oxygen atoms in total. The fourth-order valence-corrected chi connectivity index (χ4v) is 2.35. The Morgan fingerprint density at radius 3 is 2.53 bits per heavy atom. The SMILES string of the molecule is COc1ccc(-c2cc3cc(F)cc(Cl)c3[nH]2)cc1. The van der Waals surface area contributed by atoms with Gasteiger partial charge in [0.25, 0.3) is 0 Å². The molecule has 1 N–H and O–H groups in total. The van der Waals surface area contributed by atoms with Crippen LogP contribution in [-0.4, -0.2) is 12.1 Å². The average Bonchev–Trinajstić information content (AvgIpc) is 2.83. The largest absolute Gasteiger partial charge is 0.497 e. The normalized spacial score (nSPS) is 10.9. The van der Waals surface area contributed by atoms with E-state index in [-0.39, 0.29) is 5.82 Å². The van der Waals surface area contributed by atoms with E-state index in [1.165, 1.54) is 12.1 Å². The van der Waals surface area contributed by atoms with Gasteiger partial charge in [-0.25, -0.2) is 4.39 Å². The van der Waals surface area contributed by atoms with Gasteiger partial charge in [-0.2, -0.15) is 0 Å². The number of nitrogens with one attached hydrogen (secondary N) is 1. The minimum Gasteiger partial charge on any atom is -0.497 e. The number of aromatic amines is 1. The van der Waals surface area contributed by atoms with Crippen molar-refractivity contribution in [2.24, 2.45) is 0 Å². The lowest BCUT2D eigenvalue weighted by atomic mass is 10.1. The summed E-state index contributed by atoms with van der Waals surface area (Å²) >= 11 is 6.02. The zero-order valence-corrected chi connectivity index (χ0v) is 11.0. The molecule has 1 aromatic heterocycles. The van der Waals surface area contributed by atoms with Crippen LogP contribution in [0.2, 0.25) is 5.02 Å². The first-order chi connectivity index (χ1) is 9.17. The third-order valence-corrected chi connectivity index (χ3v) is 3.34. The first kappa shape index (κ1) is 12.1. The van der Waals surface area contributed by atoms with E-state index in [0.717, 1.165) is 27.9 Å². The molecule has 0 aliphatic rings. The number of hydrogen-bond acceptors (Lipinski definition) is 1. The van der Waals surface area contributed by atoms with Gasteiger partial charge in [0.1, 0.15) is 11.6 Å². The minimum absolute atomic E-state index is 0.335. The number of benzene rings is 2. The molecule has 3 rings (SSSR count). The summed E-state index contributed by atoms with van der Waals surface area (Å²) in [4.78, 5) is 3.21. The van der Waals surface area contributed by atoms with E-state index < -0.39 is 0 Å². The number of halogens is 2. The van der Waals surface area contributed by atoms with Crippen molar-refractivity contribution in [3.05, 3.63) is 53.3 Å². The topological polar surface area (TPSA) is 25.0 Å². The molecule has 0 amide bonds. The predicted molar refractivity (Wildman–Crippen MR) is 75.3 cm³/mol. The number of aromatic nitrogens is 1. The fourth-order valence-electron chi connectivity index (χ4n) is 2.09. The van der Waals surface area contributed by atoms with Crippen molar-refractivity contribution >= 4 is 22.5 Å². The number of ether oxygens (including phenoxy) is 1. The van der Waals surface area contributed by atoms with Crippen molar-refractivity contribution in [3.8, 4) is 17.0 Å². The molecule has 3 aromatic rings. The number of methoxy groups -OCH3 is 1. The molecule has 0 aliphatic heterocycles. The molecule has 19 heavy (non-hydrogen) atoms. The predicted octanol–water partition coefficient (Wildman–Crippen LogP) is 4.64. The van der Waals surface area contributed by atoms with E-state index in [4.69, 9.17) is 16.3 Å². The molecule has 0 saturated heterocycles. The quantitative estimate of drug-likeness (QED) is 0.724. The molecule has 2 aromatic carbocycles. The van der Waals surface area contributed by atoms with Crippen molar-refractivity contribution in [3.63, 3.8) is 0 Å². The van der Waals surface area contributed by atoms with E-state index in [9.17, 15) is 4.39 Å². The van der Waals surface area contributed by atoms with Gasteiger partial charge in [-0.15, -0.1) is 0 Å². The van der Waals surface area contributed by atoms with Crippen LogP contribution in [0.15, 0.2) is 42.5 Å². The Hall–Kier alpha value is -2.00. The number of hydrogen-bond donors (Lipinski definition) is 1. The maximum atomic E-state index is 13.3. The van der Waals surface area contributed by atoms with Crippen molar-refractivity contribution < 1.29 is 9.13 Å². The Bertz CT molecular complexity index is 734. The molecular weight excluding hydrogens is 265 g/mol. The monoisotopic (exact) mass is 275 g/mol. The molecule has 4 heteroatoms. The summed E-state index contributed by atoms with van der Waals surface area (Å²) in [5.74, 6) is 0.460. The smallest absolute Gasteiger partial charge is 0.125 e. The van der Waals surface area contributed by atoms with E-state index in [0.29, 0.717) is 5.02 Å². The molecule has 0 aliphatic carbocycles. The summed E-state index contributed by atoms with van der Waals surface area (Å²) in [6, 6.07) is 12.3. The number of fused-ring (bicyclic) bond motifs is 1. The van der Waals surface area contributed by atoms with Gasteiger partial charge in [-0.3, -0.25) is 0 Å². The molecule has 1 heterocycles. The lowest BCUT2D eigenvalue weighted by Crippen LogP contribution is -1.82. The highest BCUT2D eigenvalue weighted by molar-refractivity contribution is 6.35. The Morgan fingerprint density at radius 1 is 1.11 bits per heavy atom. The Labute approximate surface area is 114 Å². The molecule has 0 bridgehead atoms. The van der Waals surface area contributed by atoms with Crippen LogP contribution in [0.4, 0.5) is 4.39 Å².